The van der Waals surface area contributed by atoms with Crippen molar-refractivity contribution < 1.29 is 9.53 Å². The summed E-state index contributed by atoms with van der Waals surface area (Å²) in [6.07, 6.45) is 1.66. The lowest BCUT2D eigenvalue weighted by Crippen LogP contribution is -2.39. The number of nitrogens with one attached hydrogen (secondary N) is 2. The standard InChI is InChI=1S/C16H27N5O2/c1-3-13(4-2)16(22)18-15-6-5-14(19-20-15)17-7-8-21-9-11-23-12-10-21/h5-6,13H,3-4,7-12H2,1-2H3,(H,17,19)(H,18,20,22). The molecule has 1 amide bonds. The van der Waals surface area contributed by atoms with E-state index in [4.69, 9.17) is 4.74 Å². The van der Waals surface area contributed by atoms with Crippen LogP contribution in [-0.4, -0.2) is 60.4 Å². The smallest absolute Gasteiger partial charge is 0.228 e. The quantitative estimate of drug-likeness (QED) is 0.757. The lowest BCUT2D eigenvalue weighted by atomic mass is 10.0. The fourth-order valence-electron chi connectivity index (χ4n) is 2.55. The van der Waals surface area contributed by atoms with Crippen LogP contribution in [0.15, 0.2) is 12.1 Å². The van der Waals surface area contributed by atoms with Crippen LogP contribution >= 0.6 is 0 Å². The number of hydrogen-bond donors (Lipinski definition) is 2. The number of carbonyl (C=O) groups excluding carboxylic acids is 1. The second-order valence-corrected chi connectivity index (χ2v) is 5.69. The van der Waals surface area contributed by atoms with Gasteiger partial charge in [-0.05, 0) is 25.0 Å². The average molecular weight is 321 g/mol. The van der Waals surface area contributed by atoms with Gasteiger partial charge >= 0.3 is 0 Å². The first-order valence-corrected chi connectivity index (χ1v) is 8.41. The molecule has 0 aliphatic carbocycles. The summed E-state index contributed by atoms with van der Waals surface area (Å²) in [5.74, 6) is 1.26. The molecule has 1 aliphatic heterocycles. The van der Waals surface area contributed by atoms with Crippen LogP contribution in [0.25, 0.3) is 0 Å². The molecule has 0 unspecified atom stereocenters. The SMILES string of the molecule is CCC(CC)C(=O)Nc1ccc(NCCN2CCOCC2)nn1. The summed E-state index contributed by atoms with van der Waals surface area (Å²) < 4.78 is 5.32. The third-order valence-electron chi connectivity index (χ3n) is 4.11. The van der Waals surface area contributed by atoms with Gasteiger partial charge in [0.15, 0.2) is 5.82 Å². The Morgan fingerprint density at radius 3 is 2.48 bits per heavy atom. The molecule has 128 valence electrons. The van der Waals surface area contributed by atoms with Gasteiger partial charge in [0.2, 0.25) is 5.91 Å². The number of morpholine rings is 1. The van der Waals surface area contributed by atoms with Gasteiger partial charge in [0, 0.05) is 32.1 Å². The highest BCUT2D eigenvalue weighted by molar-refractivity contribution is 5.91. The second kappa shape index (κ2) is 9.42. The minimum absolute atomic E-state index is 0.0114. The number of carbonyl (C=O) groups is 1. The van der Waals surface area contributed by atoms with Crippen LogP contribution < -0.4 is 10.6 Å². The van der Waals surface area contributed by atoms with Crippen molar-refractivity contribution in [2.24, 2.45) is 5.92 Å². The van der Waals surface area contributed by atoms with Crippen molar-refractivity contribution in [3.63, 3.8) is 0 Å². The first kappa shape index (κ1) is 17.6. The van der Waals surface area contributed by atoms with Crippen LogP contribution in [0.1, 0.15) is 26.7 Å². The van der Waals surface area contributed by atoms with E-state index in [0.717, 1.165) is 58.1 Å². The van der Waals surface area contributed by atoms with E-state index in [0.29, 0.717) is 5.82 Å². The van der Waals surface area contributed by atoms with Gasteiger partial charge in [0.05, 0.1) is 13.2 Å². The predicted octanol–water partition coefficient (Wildman–Crippen LogP) is 1.60. The third-order valence-corrected chi connectivity index (χ3v) is 4.11. The summed E-state index contributed by atoms with van der Waals surface area (Å²) >= 11 is 0. The molecular weight excluding hydrogens is 294 g/mol. The molecule has 0 saturated carbocycles. The molecule has 7 heteroatoms. The Bertz CT molecular complexity index is 470. The highest BCUT2D eigenvalue weighted by Crippen LogP contribution is 2.12. The Kier molecular flexibility index (Phi) is 7.22. The van der Waals surface area contributed by atoms with E-state index in [1.807, 2.05) is 19.9 Å². The largest absolute Gasteiger partial charge is 0.379 e. The van der Waals surface area contributed by atoms with E-state index in [-0.39, 0.29) is 11.8 Å². The second-order valence-electron chi connectivity index (χ2n) is 5.69. The number of anilines is 2. The number of ether oxygens (including phenoxy) is 1. The van der Waals surface area contributed by atoms with Crippen LogP contribution in [0.4, 0.5) is 11.6 Å². The highest BCUT2D eigenvalue weighted by atomic mass is 16.5. The van der Waals surface area contributed by atoms with E-state index >= 15 is 0 Å². The van der Waals surface area contributed by atoms with Crippen molar-refractivity contribution in [1.82, 2.24) is 15.1 Å². The normalized spacial score (nSPS) is 15.6. The molecule has 0 radical (unpaired) electrons. The molecule has 1 fully saturated rings. The predicted molar refractivity (Wildman–Crippen MR) is 90.5 cm³/mol. The zero-order valence-electron chi connectivity index (χ0n) is 14.0. The molecule has 2 rings (SSSR count). The molecule has 1 aliphatic rings. The van der Waals surface area contributed by atoms with Gasteiger partial charge in [0.1, 0.15) is 5.82 Å². The number of aromatic nitrogens is 2. The molecule has 0 bridgehead atoms. The van der Waals surface area contributed by atoms with Crippen molar-refractivity contribution in [2.45, 2.75) is 26.7 Å². The molecule has 2 N–H and O–H groups in total. The fraction of sp³-hybridized carbons (Fsp3) is 0.688. The van der Waals surface area contributed by atoms with Crippen LogP contribution in [-0.2, 0) is 9.53 Å². The minimum Gasteiger partial charge on any atom is -0.379 e. The van der Waals surface area contributed by atoms with E-state index in [2.05, 4.69) is 25.7 Å². The van der Waals surface area contributed by atoms with Gasteiger partial charge in [-0.25, -0.2) is 0 Å². The minimum atomic E-state index is 0.0114. The maximum Gasteiger partial charge on any atom is 0.228 e. The summed E-state index contributed by atoms with van der Waals surface area (Å²) in [6, 6.07) is 3.62. The zero-order valence-corrected chi connectivity index (χ0v) is 14.0. The van der Waals surface area contributed by atoms with E-state index in [1.54, 1.807) is 6.07 Å². The Morgan fingerprint density at radius 1 is 1.22 bits per heavy atom. The molecule has 0 aromatic carbocycles. The maximum absolute atomic E-state index is 12.0. The molecular formula is C16H27N5O2. The van der Waals surface area contributed by atoms with Crippen molar-refractivity contribution >= 4 is 17.5 Å². The first-order valence-electron chi connectivity index (χ1n) is 8.41. The zero-order chi connectivity index (χ0) is 16.5. The number of nitrogens with zero attached hydrogens (tertiary/aromatic N) is 3. The summed E-state index contributed by atoms with van der Waals surface area (Å²) in [6.45, 7) is 9.38. The summed E-state index contributed by atoms with van der Waals surface area (Å²) in [5, 5.41) is 14.2. The van der Waals surface area contributed by atoms with Gasteiger partial charge in [-0.2, -0.15) is 0 Å². The number of hydrogen-bond acceptors (Lipinski definition) is 6. The van der Waals surface area contributed by atoms with Crippen molar-refractivity contribution in [1.29, 1.82) is 0 Å². The first-order chi connectivity index (χ1) is 11.2. The Balaban J connectivity index is 1.74. The molecule has 1 saturated heterocycles. The van der Waals surface area contributed by atoms with Crippen LogP contribution in [0, 0.1) is 5.92 Å². The van der Waals surface area contributed by atoms with Crippen molar-refractivity contribution in [3.05, 3.63) is 12.1 Å². The van der Waals surface area contributed by atoms with Crippen molar-refractivity contribution in [3.8, 4) is 0 Å². The van der Waals surface area contributed by atoms with E-state index < -0.39 is 0 Å². The van der Waals surface area contributed by atoms with Crippen LogP contribution in [0.3, 0.4) is 0 Å². The lowest BCUT2D eigenvalue weighted by molar-refractivity contribution is -0.120. The Morgan fingerprint density at radius 2 is 1.87 bits per heavy atom. The van der Waals surface area contributed by atoms with E-state index in [9.17, 15) is 4.79 Å². The van der Waals surface area contributed by atoms with Crippen LogP contribution in [0.2, 0.25) is 0 Å². The molecule has 2 heterocycles. The molecule has 1 aromatic heterocycles. The Labute approximate surface area is 137 Å². The maximum atomic E-state index is 12.0. The number of rotatable bonds is 8. The molecule has 7 nitrogen and oxygen atoms in total. The Hall–Kier alpha value is -1.73. The third kappa shape index (κ3) is 5.76. The average Bonchev–Trinajstić information content (AvgIpc) is 2.58. The van der Waals surface area contributed by atoms with E-state index in [1.165, 1.54) is 0 Å². The van der Waals surface area contributed by atoms with Gasteiger partial charge in [-0.1, -0.05) is 13.8 Å². The van der Waals surface area contributed by atoms with Crippen molar-refractivity contribution in [2.75, 3.05) is 50.0 Å². The molecule has 23 heavy (non-hydrogen) atoms. The molecule has 0 atom stereocenters. The molecule has 1 aromatic rings. The number of amides is 1. The van der Waals surface area contributed by atoms with Gasteiger partial charge in [-0.3, -0.25) is 9.69 Å². The lowest BCUT2D eigenvalue weighted by Gasteiger charge is -2.26. The fourth-order valence-corrected chi connectivity index (χ4v) is 2.55. The topological polar surface area (TPSA) is 79.4 Å². The van der Waals surface area contributed by atoms with Crippen LogP contribution in [0.5, 0.6) is 0 Å². The van der Waals surface area contributed by atoms with Gasteiger partial charge < -0.3 is 15.4 Å². The van der Waals surface area contributed by atoms with Gasteiger partial charge in [-0.15, -0.1) is 10.2 Å². The summed E-state index contributed by atoms with van der Waals surface area (Å²) in [4.78, 5) is 14.4. The highest BCUT2D eigenvalue weighted by Gasteiger charge is 2.14. The summed E-state index contributed by atoms with van der Waals surface area (Å²) in [5.41, 5.74) is 0. The summed E-state index contributed by atoms with van der Waals surface area (Å²) in [7, 11) is 0. The monoisotopic (exact) mass is 321 g/mol. The van der Waals surface area contributed by atoms with Gasteiger partial charge in [0.25, 0.3) is 0 Å². The molecule has 0 spiro atoms.